The van der Waals surface area contributed by atoms with Crippen LogP contribution in [0.15, 0.2) is 24.5 Å². The Balaban J connectivity index is 1.20. The van der Waals surface area contributed by atoms with E-state index in [0.29, 0.717) is 30.8 Å². The molecular formula is C22H25ClFN5O9P2. The third-order valence-electron chi connectivity index (χ3n) is 7.48. The Morgan fingerprint density at radius 3 is 2.60 bits per heavy atom. The van der Waals surface area contributed by atoms with Crippen LogP contribution in [0.1, 0.15) is 17.4 Å². The van der Waals surface area contributed by atoms with Gasteiger partial charge in [0.05, 0.1) is 12.9 Å². The molecule has 2 unspecified atom stereocenters. The van der Waals surface area contributed by atoms with Gasteiger partial charge in [-0.15, -0.1) is 0 Å². The first-order valence-corrected chi connectivity index (χ1v) is 16.1. The van der Waals surface area contributed by atoms with Crippen LogP contribution >= 0.6 is 26.8 Å². The van der Waals surface area contributed by atoms with Crippen LogP contribution in [0.5, 0.6) is 0 Å². The number of imidazole rings is 1. The second kappa shape index (κ2) is 9.77. The van der Waals surface area contributed by atoms with Gasteiger partial charge in [0.15, 0.2) is 29.1 Å². The lowest BCUT2D eigenvalue weighted by Crippen LogP contribution is -2.57. The quantitative estimate of drug-likeness (QED) is 0.187. The van der Waals surface area contributed by atoms with Crippen molar-refractivity contribution in [2.45, 2.75) is 37.4 Å². The van der Waals surface area contributed by atoms with E-state index >= 15 is 0 Å². The van der Waals surface area contributed by atoms with Gasteiger partial charge in [0.25, 0.3) is 0 Å². The van der Waals surface area contributed by atoms with E-state index in [9.17, 15) is 28.6 Å². The number of aromatic nitrogens is 4. The first kappa shape index (κ1) is 28.1. The van der Waals surface area contributed by atoms with Crippen molar-refractivity contribution >= 4 is 43.8 Å². The highest BCUT2D eigenvalue weighted by Gasteiger charge is 2.49. The van der Waals surface area contributed by atoms with Crippen LogP contribution < -0.4 is 4.90 Å². The minimum atomic E-state index is -4.85. The van der Waals surface area contributed by atoms with Crippen molar-refractivity contribution in [1.82, 2.24) is 19.5 Å². The number of hydrogen-bond donors (Lipinski definition) is 5. The van der Waals surface area contributed by atoms with Gasteiger partial charge in [0, 0.05) is 18.5 Å². The van der Waals surface area contributed by atoms with E-state index in [1.807, 2.05) is 11.0 Å². The average molecular weight is 620 g/mol. The number of hydrogen-bond acceptors (Lipinski definition) is 10. The van der Waals surface area contributed by atoms with Crippen molar-refractivity contribution in [2.75, 3.05) is 30.5 Å². The van der Waals surface area contributed by atoms with Crippen LogP contribution in [0.2, 0.25) is 5.28 Å². The molecule has 4 heterocycles. The molecule has 6 rings (SSSR count). The maximum absolute atomic E-state index is 14.3. The lowest BCUT2D eigenvalue weighted by atomic mass is 9.77. The van der Waals surface area contributed by atoms with E-state index in [-0.39, 0.29) is 22.2 Å². The Kier molecular flexibility index (Phi) is 6.87. The van der Waals surface area contributed by atoms with Crippen molar-refractivity contribution in [3.8, 4) is 0 Å². The third kappa shape index (κ3) is 5.09. The molecule has 0 bridgehead atoms. The van der Waals surface area contributed by atoms with Gasteiger partial charge < -0.3 is 39.1 Å². The molecule has 0 amide bonds. The molecule has 2 fully saturated rings. The second-order valence-electron chi connectivity index (χ2n) is 10.5. The fraction of sp³-hybridized carbons (Fsp3) is 0.500. The average Bonchev–Trinajstić information content (AvgIpc) is 3.50. The molecule has 2 aliphatic heterocycles. The molecule has 1 aliphatic carbocycles. The molecule has 0 saturated carbocycles. The number of rotatable bonds is 7. The molecule has 1 aromatic carbocycles. The zero-order valence-corrected chi connectivity index (χ0v) is 23.2. The Hall–Kier alpha value is -2.03. The number of fused-ring (bicyclic) bond motifs is 2. The largest absolute Gasteiger partial charge is 0.387 e. The maximum atomic E-state index is 14.3. The van der Waals surface area contributed by atoms with E-state index < -0.39 is 52.2 Å². The van der Waals surface area contributed by atoms with Gasteiger partial charge in [-0.3, -0.25) is 13.7 Å². The summed E-state index contributed by atoms with van der Waals surface area (Å²) in [6.07, 6.45) is -3.00. The summed E-state index contributed by atoms with van der Waals surface area (Å²) in [6.45, 7) is 0.453. The molecule has 5 N–H and O–H groups in total. The molecule has 18 heteroatoms. The predicted molar refractivity (Wildman–Crippen MR) is 137 cm³/mol. The van der Waals surface area contributed by atoms with Crippen molar-refractivity contribution < 1.29 is 47.7 Å². The molecule has 1 spiro atoms. The minimum Gasteiger partial charge on any atom is -0.387 e. The summed E-state index contributed by atoms with van der Waals surface area (Å²) in [5, 5.41) is 21.1. The number of halogens is 2. The van der Waals surface area contributed by atoms with E-state index in [0.717, 1.165) is 17.5 Å². The topological polar surface area (TPSA) is 201 Å². The van der Waals surface area contributed by atoms with Gasteiger partial charge in [0.2, 0.25) is 5.28 Å². The molecule has 216 valence electrons. The third-order valence-corrected chi connectivity index (χ3v) is 11.1. The van der Waals surface area contributed by atoms with E-state index in [1.54, 1.807) is 6.07 Å². The Bertz CT molecular complexity index is 1580. The summed E-state index contributed by atoms with van der Waals surface area (Å²) in [4.78, 5) is 42.5. The number of ether oxygens (including phenoxy) is 1. The fourth-order valence-electron chi connectivity index (χ4n) is 5.79. The van der Waals surface area contributed by atoms with Gasteiger partial charge >= 0.3 is 15.2 Å². The first-order valence-electron chi connectivity index (χ1n) is 12.2. The summed E-state index contributed by atoms with van der Waals surface area (Å²) in [5.41, 5.74) is 2.15. The Morgan fingerprint density at radius 2 is 1.90 bits per heavy atom. The van der Waals surface area contributed by atoms with Crippen molar-refractivity contribution in [3.05, 3.63) is 46.8 Å². The lowest BCUT2D eigenvalue weighted by Gasteiger charge is -2.49. The zero-order chi connectivity index (χ0) is 28.6. The smallest absolute Gasteiger partial charge is 0.340 e. The second-order valence-corrected chi connectivity index (χ2v) is 14.8. The molecule has 40 heavy (non-hydrogen) atoms. The molecular weight excluding hydrogens is 595 g/mol. The SMILES string of the molecule is O=P(O)(O)CP(=O)(O)OC[C@H]1O[C@@H](n2cnc3c(N4CC5(Cc6cccc(F)c6C5)C4)nc(Cl)nc32)C(O)[C@H]1O. The molecule has 0 radical (unpaired) electrons. The zero-order valence-electron chi connectivity index (χ0n) is 20.6. The normalized spacial score (nSPS) is 27.2. The molecule has 3 aliphatic rings. The van der Waals surface area contributed by atoms with Gasteiger partial charge in [-0.25, -0.2) is 9.37 Å². The van der Waals surface area contributed by atoms with Crippen LogP contribution in [0.4, 0.5) is 10.2 Å². The highest BCUT2D eigenvalue weighted by Crippen LogP contribution is 2.55. The Morgan fingerprint density at radius 1 is 1.15 bits per heavy atom. The maximum Gasteiger partial charge on any atom is 0.340 e. The summed E-state index contributed by atoms with van der Waals surface area (Å²) in [6, 6.07) is 5.11. The van der Waals surface area contributed by atoms with Crippen molar-refractivity contribution in [2.24, 2.45) is 5.41 Å². The van der Waals surface area contributed by atoms with Gasteiger partial charge in [-0.2, -0.15) is 9.97 Å². The number of aliphatic hydroxyl groups excluding tert-OH is 2. The van der Waals surface area contributed by atoms with Crippen LogP contribution in [0, 0.1) is 11.2 Å². The molecule has 2 saturated heterocycles. The van der Waals surface area contributed by atoms with Gasteiger partial charge in [0.1, 0.15) is 24.1 Å². The summed E-state index contributed by atoms with van der Waals surface area (Å²) in [5.74, 6) is -1.16. The van der Waals surface area contributed by atoms with Crippen LogP contribution in [-0.2, 0) is 31.2 Å². The summed E-state index contributed by atoms with van der Waals surface area (Å²) >= 11 is 6.24. The number of anilines is 1. The fourth-order valence-corrected chi connectivity index (χ4v) is 8.52. The summed E-state index contributed by atoms with van der Waals surface area (Å²) in [7, 11) is -9.55. The van der Waals surface area contributed by atoms with Crippen LogP contribution in [-0.4, -0.2) is 88.3 Å². The van der Waals surface area contributed by atoms with Crippen LogP contribution in [0.25, 0.3) is 11.2 Å². The predicted octanol–water partition coefficient (Wildman–Crippen LogP) is 1.18. The van der Waals surface area contributed by atoms with E-state index in [4.69, 9.17) is 30.6 Å². The van der Waals surface area contributed by atoms with Crippen LogP contribution in [0.3, 0.4) is 0 Å². The van der Waals surface area contributed by atoms with E-state index in [2.05, 4.69) is 15.0 Å². The Labute approximate surface area is 231 Å². The molecule has 14 nitrogen and oxygen atoms in total. The monoisotopic (exact) mass is 619 g/mol. The van der Waals surface area contributed by atoms with Gasteiger partial charge in [-0.05, 0) is 41.6 Å². The van der Waals surface area contributed by atoms with E-state index in [1.165, 1.54) is 17.0 Å². The molecule has 2 aromatic heterocycles. The molecule has 3 aromatic rings. The highest BCUT2D eigenvalue weighted by molar-refractivity contribution is 7.70. The van der Waals surface area contributed by atoms with Crippen molar-refractivity contribution in [1.29, 1.82) is 0 Å². The lowest BCUT2D eigenvalue weighted by molar-refractivity contribution is -0.0483. The van der Waals surface area contributed by atoms with Crippen molar-refractivity contribution in [3.63, 3.8) is 0 Å². The van der Waals surface area contributed by atoms with Gasteiger partial charge in [-0.1, -0.05) is 12.1 Å². The standard InChI is InChI=1S/C22H25ClFN5O9P2/c23-21-26-18(28-7-22(8-28)4-11-2-1-3-13(24)12(11)5-22)15-19(27-21)29(9-25-15)20-17(31)16(30)14(38-20)6-37-40(35,36)10-39(32,33)34/h1-3,9,14,16-17,20,30-31H,4-8,10H2,(H,35,36)(H2,32,33,34)/t14-,16+,17?,20-/m1/s1. The minimum absolute atomic E-state index is 0.0995. The summed E-state index contributed by atoms with van der Waals surface area (Å²) < 4.78 is 49.1. The highest BCUT2D eigenvalue weighted by atomic mass is 35.5. The first-order chi connectivity index (χ1) is 18.7. The number of benzene rings is 1. The number of aliphatic hydroxyl groups is 2. The molecule has 5 atom stereocenters. The number of nitrogens with zero attached hydrogens (tertiary/aromatic N) is 5.